The Kier molecular flexibility index (Phi) is 4.31. The molecule has 2 aromatic rings. The molecule has 5 nitrogen and oxygen atoms in total. The Morgan fingerprint density at radius 1 is 1.36 bits per heavy atom. The summed E-state index contributed by atoms with van der Waals surface area (Å²) >= 11 is 7.44. The average Bonchev–Trinajstić information content (AvgIpc) is 3.01. The number of benzene rings is 1. The summed E-state index contributed by atoms with van der Waals surface area (Å²) < 4.78 is 15.7. The minimum absolute atomic E-state index is 0.389. The monoisotopic (exact) mass is 337 g/mol. The number of carbonyl (C=O) groups excluding carboxylic acids is 1. The van der Waals surface area contributed by atoms with E-state index in [1.807, 2.05) is 12.1 Å². The van der Waals surface area contributed by atoms with Crippen LogP contribution in [0.2, 0.25) is 5.02 Å². The molecule has 0 spiro atoms. The highest BCUT2D eigenvalue weighted by atomic mass is 35.5. The van der Waals surface area contributed by atoms with Crippen LogP contribution in [0.15, 0.2) is 18.3 Å². The molecule has 1 aliphatic heterocycles. The van der Waals surface area contributed by atoms with E-state index in [1.165, 1.54) is 24.6 Å². The van der Waals surface area contributed by atoms with Gasteiger partial charge in [0.15, 0.2) is 11.5 Å². The molecule has 0 unspecified atom stereocenters. The largest absolute Gasteiger partial charge is 0.486 e. The normalized spacial score (nSPS) is 13.4. The number of hydrogen-bond acceptors (Lipinski definition) is 6. The standard InChI is InChI=1S/C15H12ClNO4S/c1-19-15(18)12-8-17-13(22-12)3-2-9-6-10(16)14-11(7-9)20-4-5-21-14/h2-3,6-8H,4-5H2,1H3/b3-2+. The summed E-state index contributed by atoms with van der Waals surface area (Å²) in [5, 5.41) is 1.21. The Morgan fingerprint density at radius 3 is 3.00 bits per heavy atom. The summed E-state index contributed by atoms with van der Waals surface area (Å²) in [6.45, 7) is 1.00. The molecule has 1 aliphatic rings. The van der Waals surface area contributed by atoms with Gasteiger partial charge in [0.1, 0.15) is 23.1 Å². The van der Waals surface area contributed by atoms with Crippen molar-refractivity contribution in [2.24, 2.45) is 0 Å². The minimum Gasteiger partial charge on any atom is -0.486 e. The maximum absolute atomic E-state index is 11.4. The molecule has 22 heavy (non-hydrogen) atoms. The highest BCUT2D eigenvalue weighted by Gasteiger charge is 2.16. The van der Waals surface area contributed by atoms with E-state index < -0.39 is 0 Å². The van der Waals surface area contributed by atoms with E-state index in [2.05, 4.69) is 9.72 Å². The number of esters is 1. The van der Waals surface area contributed by atoms with Gasteiger partial charge in [-0.1, -0.05) is 17.7 Å². The van der Waals surface area contributed by atoms with Crippen molar-refractivity contribution < 1.29 is 19.0 Å². The Hall–Kier alpha value is -2.05. The van der Waals surface area contributed by atoms with Gasteiger partial charge in [0.25, 0.3) is 0 Å². The third kappa shape index (κ3) is 3.08. The number of aromatic nitrogens is 1. The quantitative estimate of drug-likeness (QED) is 0.802. The van der Waals surface area contributed by atoms with E-state index in [1.54, 1.807) is 12.1 Å². The van der Waals surface area contributed by atoms with Crippen molar-refractivity contribution in [3.8, 4) is 11.5 Å². The number of fused-ring (bicyclic) bond motifs is 1. The highest BCUT2D eigenvalue weighted by molar-refractivity contribution is 7.14. The number of methoxy groups -OCH3 is 1. The molecule has 0 N–H and O–H groups in total. The molecule has 0 radical (unpaired) electrons. The minimum atomic E-state index is -0.389. The molecule has 0 fully saturated rings. The molecular formula is C15H12ClNO4S. The molecule has 0 saturated heterocycles. The first-order valence-corrected chi connectivity index (χ1v) is 7.68. The lowest BCUT2D eigenvalue weighted by molar-refractivity contribution is 0.0606. The fraction of sp³-hybridized carbons (Fsp3) is 0.200. The van der Waals surface area contributed by atoms with Crippen molar-refractivity contribution in [1.29, 1.82) is 0 Å². The number of hydrogen-bond donors (Lipinski definition) is 0. The number of nitrogens with zero attached hydrogens (tertiary/aromatic N) is 1. The SMILES string of the molecule is COC(=O)c1cnc(/C=C/c2cc(Cl)c3c(c2)OCCO3)s1. The van der Waals surface area contributed by atoms with Gasteiger partial charge in [-0.05, 0) is 23.8 Å². The molecular weight excluding hydrogens is 326 g/mol. The molecule has 3 rings (SSSR count). The zero-order valence-corrected chi connectivity index (χ0v) is 13.2. The summed E-state index contributed by atoms with van der Waals surface area (Å²) in [4.78, 5) is 16.0. The van der Waals surface area contributed by atoms with Crippen LogP contribution in [0, 0.1) is 0 Å². The van der Waals surface area contributed by atoms with Crippen molar-refractivity contribution in [1.82, 2.24) is 4.98 Å². The molecule has 1 aromatic carbocycles. The number of halogens is 1. The molecule has 0 bridgehead atoms. The zero-order chi connectivity index (χ0) is 15.5. The van der Waals surface area contributed by atoms with Crippen LogP contribution in [0.1, 0.15) is 20.2 Å². The van der Waals surface area contributed by atoms with Gasteiger partial charge in [-0.15, -0.1) is 11.3 Å². The second kappa shape index (κ2) is 6.37. The average molecular weight is 338 g/mol. The first-order chi connectivity index (χ1) is 10.7. The van der Waals surface area contributed by atoms with E-state index in [-0.39, 0.29) is 5.97 Å². The maximum atomic E-state index is 11.4. The summed E-state index contributed by atoms with van der Waals surface area (Å²) in [6, 6.07) is 3.64. The van der Waals surface area contributed by atoms with Gasteiger partial charge < -0.3 is 14.2 Å². The third-order valence-corrected chi connectivity index (χ3v) is 4.17. The second-order valence-electron chi connectivity index (χ2n) is 4.41. The van der Waals surface area contributed by atoms with Crippen LogP contribution in [-0.4, -0.2) is 31.3 Å². The van der Waals surface area contributed by atoms with Gasteiger partial charge >= 0.3 is 5.97 Å². The smallest absolute Gasteiger partial charge is 0.349 e. The van der Waals surface area contributed by atoms with Gasteiger partial charge in [-0.25, -0.2) is 9.78 Å². The van der Waals surface area contributed by atoms with Gasteiger partial charge in [0, 0.05) is 0 Å². The second-order valence-corrected chi connectivity index (χ2v) is 5.88. The maximum Gasteiger partial charge on any atom is 0.349 e. The van der Waals surface area contributed by atoms with Crippen LogP contribution in [0.25, 0.3) is 12.2 Å². The first-order valence-electron chi connectivity index (χ1n) is 6.49. The fourth-order valence-electron chi connectivity index (χ4n) is 1.95. The van der Waals surface area contributed by atoms with Crippen molar-refractivity contribution in [3.05, 3.63) is 38.8 Å². The van der Waals surface area contributed by atoms with E-state index in [0.29, 0.717) is 39.6 Å². The van der Waals surface area contributed by atoms with E-state index in [4.69, 9.17) is 21.1 Å². The molecule has 114 valence electrons. The lowest BCUT2D eigenvalue weighted by Gasteiger charge is -2.19. The number of ether oxygens (including phenoxy) is 3. The number of carbonyl (C=O) groups is 1. The zero-order valence-electron chi connectivity index (χ0n) is 11.7. The van der Waals surface area contributed by atoms with E-state index in [9.17, 15) is 4.79 Å². The van der Waals surface area contributed by atoms with Gasteiger partial charge in [0.05, 0.1) is 18.3 Å². The number of thiazole rings is 1. The fourth-order valence-corrected chi connectivity index (χ4v) is 2.97. The predicted octanol–water partition coefficient (Wildman–Crippen LogP) is 3.52. The Balaban J connectivity index is 1.82. The van der Waals surface area contributed by atoms with Crippen molar-refractivity contribution in [2.75, 3.05) is 20.3 Å². The van der Waals surface area contributed by atoms with Crippen molar-refractivity contribution >= 4 is 41.1 Å². The Morgan fingerprint density at radius 2 is 2.18 bits per heavy atom. The van der Waals surface area contributed by atoms with Crippen molar-refractivity contribution in [3.63, 3.8) is 0 Å². The first kappa shape index (κ1) is 14.9. The summed E-state index contributed by atoms with van der Waals surface area (Å²) in [5.41, 5.74) is 0.865. The predicted molar refractivity (Wildman–Crippen MR) is 84.8 cm³/mol. The highest BCUT2D eigenvalue weighted by Crippen LogP contribution is 2.38. The molecule has 0 atom stereocenters. The van der Waals surface area contributed by atoms with Gasteiger partial charge in [-0.2, -0.15) is 0 Å². The number of rotatable bonds is 3. The molecule has 7 heteroatoms. The Bertz CT molecular complexity index is 741. The molecule has 0 amide bonds. The molecule has 0 aliphatic carbocycles. The summed E-state index contributed by atoms with van der Waals surface area (Å²) in [5.74, 6) is 0.819. The summed E-state index contributed by atoms with van der Waals surface area (Å²) in [6.07, 6.45) is 5.15. The molecule has 1 aromatic heterocycles. The van der Waals surface area contributed by atoms with Crippen LogP contribution in [0.3, 0.4) is 0 Å². The van der Waals surface area contributed by atoms with Crippen LogP contribution in [0.4, 0.5) is 0 Å². The molecule has 0 saturated carbocycles. The van der Waals surface area contributed by atoms with Crippen LogP contribution >= 0.6 is 22.9 Å². The van der Waals surface area contributed by atoms with E-state index >= 15 is 0 Å². The van der Waals surface area contributed by atoms with Crippen molar-refractivity contribution in [2.45, 2.75) is 0 Å². The molecule has 2 heterocycles. The van der Waals surface area contributed by atoms with Gasteiger partial charge in [0.2, 0.25) is 0 Å². The van der Waals surface area contributed by atoms with Crippen LogP contribution in [-0.2, 0) is 4.74 Å². The lowest BCUT2D eigenvalue weighted by atomic mass is 10.2. The Labute approximate surface area is 136 Å². The topological polar surface area (TPSA) is 57.7 Å². The van der Waals surface area contributed by atoms with Gasteiger partial charge in [-0.3, -0.25) is 0 Å². The van der Waals surface area contributed by atoms with Crippen LogP contribution in [0.5, 0.6) is 11.5 Å². The summed E-state index contributed by atoms with van der Waals surface area (Å²) in [7, 11) is 1.34. The van der Waals surface area contributed by atoms with E-state index in [0.717, 1.165) is 5.56 Å². The van der Waals surface area contributed by atoms with Crippen LogP contribution < -0.4 is 9.47 Å². The lowest BCUT2D eigenvalue weighted by Crippen LogP contribution is -2.15. The third-order valence-electron chi connectivity index (χ3n) is 2.95.